The van der Waals surface area contributed by atoms with E-state index in [9.17, 15) is 14.4 Å². The Bertz CT molecular complexity index is 1200. The maximum atomic E-state index is 13.2. The number of rotatable bonds is 8. The number of benzene rings is 1. The summed E-state index contributed by atoms with van der Waals surface area (Å²) in [5.41, 5.74) is 3.53. The molecule has 1 atom stereocenters. The minimum Gasteiger partial charge on any atom is -0.368 e. The SMILES string of the molecule is C=C/C(=C\C=C(C)C)N1CCN(C(=O)ON2C(=O)C3CN(CC4CCN(Cc5ccccc5)CC4)CCN3C2=O)CC1. The van der Waals surface area contributed by atoms with Crippen LogP contribution >= 0.6 is 0 Å². The van der Waals surface area contributed by atoms with Gasteiger partial charge in [0.05, 0.1) is 0 Å². The first-order valence-corrected chi connectivity index (χ1v) is 15.1. The summed E-state index contributed by atoms with van der Waals surface area (Å²) in [6, 6.07) is 9.44. The van der Waals surface area contributed by atoms with Crippen molar-refractivity contribution in [3.05, 3.63) is 72.0 Å². The van der Waals surface area contributed by atoms with Crippen molar-refractivity contribution in [2.75, 3.05) is 65.4 Å². The van der Waals surface area contributed by atoms with E-state index in [-0.39, 0.29) is 0 Å². The van der Waals surface area contributed by atoms with E-state index in [1.807, 2.05) is 38.1 Å². The van der Waals surface area contributed by atoms with Crippen LogP contribution in [0.5, 0.6) is 0 Å². The smallest absolute Gasteiger partial charge is 0.368 e. The Kier molecular flexibility index (Phi) is 9.64. The molecule has 4 aliphatic rings. The van der Waals surface area contributed by atoms with Crippen LogP contribution in [0.2, 0.25) is 0 Å². The van der Waals surface area contributed by atoms with Crippen LogP contribution in [-0.4, -0.2) is 119 Å². The van der Waals surface area contributed by atoms with Crippen molar-refractivity contribution < 1.29 is 19.2 Å². The summed E-state index contributed by atoms with van der Waals surface area (Å²) < 4.78 is 0. The quantitative estimate of drug-likeness (QED) is 0.346. The maximum Gasteiger partial charge on any atom is 0.434 e. The first-order valence-electron chi connectivity index (χ1n) is 15.1. The number of hydrogen-bond acceptors (Lipinski definition) is 7. The Morgan fingerprint density at radius 1 is 0.905 bits per heavy atom. The van der Waals surface area contributed by atoms with Gasteiger partial charge in [-0.15, -0.1) is 0 Å². The molecule has 0 bridgehead atoms. The lowest BCUT2D eigenvalue weighted by molar-refractivity contribution is -0.152. The van der Waals surface area contributed by atoms with Crippen LogP contribution in [0.15, 0.2) is 66.4 Å². The van der Waals surface area contributed by atoms with Gasteiger partial charge in [0.1, 0.15) is 6.04 Å². The molecule has 0 aliphatic carbocycles. The first kappa shape index (κ1) is 29.8. The van der Waals surface area contributed by atoms with Gasteiger partial charge >= 0.3 is 12.1 Å². The average Bonchev–Trinajstić information content (AvgIpc) is 3.23. The van der Waals surface area contributed by atoms with Crippen molar-refractivity contribution in [3.8, 4) is 0 Å². The normalized spacial score (nSPS) is 22.8. The molecule has 4 amide bonds. The molecule has 1 unspecified atom stereocenters. The molecule has 0 N–H and O–H groups in total. The number of urea groups is 1. The number of carbonyl (C=O) groups is 3. The Morgan fingerprint density at radius 3 is 2.26 bits per heavy atom. The lowest BCUT2D eigenvalue weighted by atomic mass is 9.95. The van der Waals surface area contributed by atoms with E-state index in [0.29, 0.717) is 50.2 Å². The molecule has 4 aliphatic heterocycles. The van der Waals surface area contributed by atoms with E-state index in [2.05, 4.69) is 45.5 Å². The van der Waals surface area contributed by atoms with Gasteiger partial charge in [0, 0.05) is 64.6 Å². The molecule has 10 heteroatoms. The Hall–Kier alpha value is -3.63. The number of allylic oxidation sites excluding steroid dienone is 4. The molecule has 4 heterocycles. The number of imide groups is 1. The van der Waals surface area contributed by atoms with E-state index in [1.54, 1.807) is 9.80 Å². The van der Waals surface area contributed by atoms with Crippen LogP contribution in [0.3, 0.4) is 0 Å². The Morgan fingerprint density at radius 2 is 1.60 bits per heavy atom. The molecule has 1 aromatic carbocycles. The van der Waals surface area contributed by atoms with Crippen molar-refractivity contribution >= 4 is 18.0 Å². The van der Waals surface area contributed by atoms with Crippen LogP contribution < -0.4 is 0 Å². The summed E-state index contributed by atoms with van der Waals surface area (Å²) in [6.07, 6.45) is 7.45. The summed E-state index contributed by atoms with van der Waals surface area (Å²) in [5, 5.41) is 0.689. The molecule has 4 saturated heterocycles. The summed E-state index contributed by atoms with van der Waals surface area (Å²) in [7, 11) is 0. The number of amides is 4. The van der Waals surface area contributed by atoms with Gasteiger partial charge in [-0.1, -0.05) is 53.6 Å². The predicted octanol–water partition coefficient (Wildman–Crippen LogP) is 3.55. The Balaban J connectivity index is 1.08. The fourth-order valence-corrected chi connectivity index (χ4v) is 6.25. The molecule has 0 saturated carbocycles. The second kappa shape index (κ2) is 13.6. The first-order chi connectivity index (χ1) is 20.3. The van der Waals surface area contributed by atoms with Gasteiger partial charge in [-0.05, 0) is 63.4 Å². The van der Waals surface area contributed by atoms with Crippen molar-refractivity contribution in [2.24, 2.45) is 5.92 Å². The molecular weight excluding hydrogens is 532 g/mol. The second-order valence-electron chi connectivity index (χ2n) is 12.0. The topological polar surface area (TPSA) is 79.9 Å². The minimum atomic E-state index is -0.663. The van der Waals surface area contributed by atoms with Gasteiger partial charge in [0.25, 0.3) is 5.91 Å². The average molecular weight is 577 g/mol. The van der Waals surface area contributed by atoms with Crippen LogP contribution in [0, 0.1) is 5.92 Å². The van der Waals surface area contributed by atoms with E-state index in [1.165, 1.54) is 11.1 Å². The number of carbonyl (C=O) groups excluding carboxylic acids is 3. The largest absolute Gasteiger partial charge is 0.434 e. The number of likely N-dealkylation sites (tertiary alicyclic amines) is 1. The molecule has 10 nitrogen and oxygen atoms in total. The number of piperazine rings is 2. The number of hydroxylamine groups is 2. The monoisotopic (exact) mass is 576 g/mol. The molecule has 5 rings (SSSR count). The van der Waals surface area contributed by atoms with E-state index < -0.39 is 24.1 Å². The minimum absolute atomic E-state index is 0.431. The van der Waals surface area contributed by atoms with Crippen molar-refractivity contribution in [1.82, 2.24) is 29.6 Å². The van der Waals surface area contributed by atoms with Crippen molar-refractivity contribution in [2.45, 2.75) is 39.3 Å². The zero-order valence-electron chi connectivity index (χ0n) is 25.0. The van der Waals surface area contributed by atoms with Crippen LogP contribution in [-0.2, 0) is 16.2 Å². The van der Waals surface area contributed by atoms with Crippen molar-refractivity contribution in [3.63, 3.8) is 0 Å². The maximum absolute atomic E-state index is 13.2. The van der Waals surface area contributed by atoms with Gasteiger partial charge in [-0.25, -0.2) is 9.59 Å². The lowest BCUT2D eigenvalue weighted by Crippen LogP contribution is -2.54. The lowest BCUT2D eigenvalue weighted by Gasteiger charge is -2.39. The zero-order valence-corrected chi connectivity index (χ0v) is 25.0. The van der Waals surface area contributed by atoms with Crippen LogP contribution in [0.25, 0.3) is 0 Å². The van der Waals surface area contributed by atoms with Gasteiger partial charge in [-0.2, -0.15) is 0 Å². The molecule has 42 heavy (non-hydrogen) atoms. The second-order valence-corrected chi connectivity index (χ2v) is 12.0. The zero-order chi connectivity index (χ0) is 29.6. The highest BCUT2D eigenvalue weighted by Gasteiger charge is 2.50. The summed E-state index contributed by atoms with van der Waals surface area (Å²) in [5.74, 6) is 0.120. The van der Waals surface area contributed by atoms with Gasteiger partial charge < -0.3 is 19.5 Å². The molecule has 0 spiro atoms. The molecule has 4 fully saturated rings. The number of piperidine rings is 1. The third kappa shape index (κ3) is 7.04. The summed E-state index contributed by atoms with van der Waals surface area (Å²) in [6.45, 7) is 15.8. The summed E-state index contributed by atoms with van der Waals surface area (Å²) >= 11 is 0. The molecular formula is C32H44N6O4. The number of hydrogen-bond donors (Lipinski definition) is 0. The Labute approximate surface area is 249 Å². The van der Waals surface area contributed by atoms with E-state index in [4.69, 9.17) is 4.84 Å². The van der Waals surface area contributed by atoms with Crippen LogP contribution in [0.4, 0.5) is 9.59 Å². The van der Waals surface area contributed by atoms with Gasteiger partial charge in [0.15, 0.2) is 0 Å². The predicted molar refractivity (Wildman–Crippen MR) is 161 cm³/mol. The highest BCUT2D eigenvalue weighted by Crippen LogP contribution is 2.26. The molecule has 1 aromatic rings. The van der Waals surface area contributed by atoms with Crippen LogP contribution in [0.1, 0.15) is 32.3 Å². The van der Waals surface area contributed by atoms with Gasteiger partial charge in [-0.3, -0.25) is 14.6 Å². The highest BCUT2D eigenvalue weighted by molar-refractivity contribution is 6.04. The number of nitrogens with zero attached hydrogens (tertiary/aromatic N) is 6. The highest BCUT2D eigenvalue weighted by atomic mass is 16.7. The van der Waals surface area contributed by atoms with E-state index in [0.717, 1.165) is 51.3 Å². The molecule has 226 valence electrons. The molecule has 0 radical (unpaired) electrons. The van der Waals surface area contributed by atoms with Crippen molar-refractivity contribution in [1.29, 1.82) is 0 Å². The molecule has 0 aromatic heterocycles. The third-order valence-corrected chi connectivity index (χ3v) is 8.71. The third-order valence-electron chi connectivity index (χ3n) is 8.71. The summed E-state index contributed by atoms with van der Waals surface area (Å²) in [4.78, 5) is 54.7. The fourth-order valence-electron chi connectivity index (χ4n) is 6.25. The standard InChI is InChI=1S/C32H44N6O4/c1-4-28(11-10-25(2)3)35-17-19-36(20-18-35)32(41)42-38-30(39)29-24-34(16-21-37(29)31(38)40)23-27-12-14-33(15-13-27)22-26-8-6-5-7-9-26/h4-11,27,29H,1,12-24H2,2-3H3/b28-11+. The fraction of sp³-hybridized carbons (Fsp3) is 0.531. The number of fused-ring (bicyclic) bond motifs is 1. The van der Waals surface area contributed by atoms with Gasteiger partial charge in [0.2, 0.25) is 0 Å². The van der Waals surface area contributed by atoms with E-state index >= 15 is 0 Å².